The number of ether oxygens (including phenoxy) is 1. The van der Waals surface area contributed by atoms with Gasteiger partial charge >= 0.3 is 0 Å². The predicted octanol–water partition coefficient (Wildman–Crippen LogP) is 1.63. The second-order valence-corrected chi connectivity index (χ2v) is 7.81. The van der Waals surface area contributed by atoms with Crippen molar-refractivity contribution >= 4 is 11.6 Å². The number of anilines is 1. The van der Waals surface area contributed by atoms with E-state index in [0.717, 1.165) is 89.9 Å². The van der Waals surface area contributed by atoms with Crippen LogP contribution in [0.2, 0.25) is 0 Å². The molecule has 2 heterocycles. The Balaban J connectivity index is 1.47. The second kappa shape index (κ2) is 11.3. The summed E-state index contributed by atoms with van der Waals surface area (Å²) in [7, 11) is 1.73. The molecule has 7 nitrogen and oxygen atoms in total. The molecular formula is C22H37N5O2. The van der Waals surface area contributed by atoms with Crippen molar-refractivity contribution in [3.05, 3.63) is 24.3 Å². The highest BCUT2D eigenvalue weighted by atomic mass is 16.5. The molecule has 2 aliphatic rings. The van der Waals surface area contributed by atoms with E-state index in [-0.39, 0.29) is 6.10 Å². The van der Waals surface area contributed by atoms with Crippen LogP contribution in [0.25, 0.3) is 0 Å². The van der Waals surface area contributed by atoms with Gasteiger partial charge in [0.05, 0.1) is 18.9 Å². The average molecular weight is 404 g/mol. The topological polar surface area (TPSA) is 63.6 Å². The van der Waals surface area contributed by atoms with E-state index in [2.05, 4.69) is 39.1 Å². The first-order chi connectivity index (χ1) is 14.2. The van der Waals surface area contributed by atoms with Gasteiger partial charge in [0.25, 0.3) is 0 Å². The van der Waals surface area contributed by atoms with Crippen molar-refractivity contribution in [3.8, 4) is 5.75 Å². The Morgan fingerprint density at radius 1 is 1.14 bits per heavy atom. The molecule has 0 amide bonds. The summed E-state index contributed by atoms with van der Waals surface area (Å²) in [6, 6.07) is 8.24. The Bertz CT molecular complexity index is 638. The molecule has 0 radical (unpaired) electrons. The van der Waals surface area contributed by atoms with Crippen molar-refractivity contribution < 1.29 is 9.84 Å². The summed E-state index contributed by atoms with van der Waals surface area (Å²) in [5.74, 6) is 1.97. The zero-order chi connectivity index (χ0) is 20.5. The lowest BCUT2D eigenvalue weighted by molar-refractivity contribution is 0.0824. The van der Waals surface area contributed by atoms with Crippen molar-refractivity contribution in [1.82, 2.24) is 15.1 Å². The molecule has 29 heavy (non-hydrogen) atoms. The zero-order valence-electron chi connectivity index (χ0n) is 18.0. The summed E-state index contributed by atoms with van der Waals surface area (Å²) in [6.45, 7) is 10.8. The third-order valence-corrected chi connectivity index (χ3v) is 5.79. The number of rotatable bonds is 7. The van der Waals surface area contributed by atoms with Crippen LogP contribution in [-0.2, 0) is 0 Å². The Labute approximate surface area is 175 Å². The minimum atomic E-state index is -0.0980. The van der Waals surface area contributed by atoms with Crippen molar-refractivity contribution in [2.75, 3.05) is 70.9 Å². The highest BCUT2D eigenvalue weighted by Gasteiger charge is 2.21. The lowest BCUT2D eigenvalue weighted by Crippen LogP contribution is -2.52. The van der Waals surface area contributed by atoms with Crippen LogP contribution in [0.4, 0.5) is 5.69 Å². The van der Waals surface area contributed by atoms with Crippen LogP contribution in [0.15, 0.2) is 29.3 Å². The number of benzene rings is 1. The number of piperidine rings is 1. The second-order valence-electron chi connectivity index (χ2n) is 7.81. The Kier molecular flexibility index (Phi) is 8.43. The summed E-state index contributed by atoms with van der Waals surface area (Å²) in [5, 5.41) is 13.1. The van der Waals surface area contributed by atoms with Crippen molar-refractivity contribution in [3.63, 3.8) is 0 Å². The number of nitrogens with zero attached hydrogens (tertiary/aromatic N) is 4. The van der Waals surface area contributed by atoms with Gasteiger partial charge in [0, 0.05) is 52.4 Å². The number of aliphatic hydroxyl groups is 1. The summed E-state index contributed by atoms with van der Waals surface area (Å²) in [4.78, 5) is 12.1. The lowest BCUT2D eigenvalue weighted by Gasteiger charge is -2.38. The largest absolute Gasteiger partial charge is 0.495 e. The molecule has 0 bridgehead atoms. The van der Waals surface area contributed by atoms with Crippen LogP contribution in [0, 0.1) is 0 Å². The van der Waals surface area contributed by atoms with Crippen LogP contribution in [0.3, 0.4) is 0 Å². The zero-order valence-corrected chi connectivity index (χ0v) is 18.0. The van der Waals surface area contributed by atoms with Crippen molar-refractivity contribution in [2.24, 2.45) is 4.99 Å². The molecule has 2 fully saturated rings. The van der Waals surface area contributed by atoms with Gasteiger partial charge in [0.1, 0.15) is 5.75 Å². The molecule has 0 aliphatic carbocycles. The molecule has 1 aromatic carbocycles. The first-order valence-electron chi connectivity index (χ1n) is 11.0. The molecule has 0 aromatic heterocycles. The lowest BCUT2D eigenvalue weighted by atomic mass is 10.1. The van der Waals surface area contributed by atoms with E-state index in [1.54, 1.807) is 7.11 Å². The normalized spacial score (nSPS) is 19.5. The van der Waals surface area contributed by atoms with E-state index in [0.29, 0.717) is 0 Å². The van der Waals surface area contributed by atoms with Crippen LogP contribution in [0.1, 0.15) is 26.2 Å². The maximum atomic E-state index is 9.62. The number of piperazine rings is 1. The molecule has 0 spiro atoms. The minimum Gasteiger partial charge on any atom is -0.495 e. The maximum Gasteiger partial charge on any atom is 0.194 e. The van der Waals surface area contributed by atoms with Gasteiger partial charge in [0.15, 0.2) is 5.96 Å². The quantitative estimate of drug-likeness (QED) is 0.410. The molecule has 0 atom stereocenters. The van der Waals surface area contributed by atoms with Gasteiger partial charge in [-0.1, -0.05) is 12.1 Å². The van der Waals surface area contributed by atoms with E-state index in [4.69, 9.17) is 9.73 Å². The number of methoxy groups -OCH3 is 1. The van der Waals surface area contributed by atoms with E-state index >= 15 is 0 Å². The molecule has 3 rings (SSSR count). The van der Waals surface area contributed by atoms with Crippen LogP contribution in [-0.4, -0.2) is 93.0 Å². The molecule has 7 heteroatoms. The fourth-order valence-electron chi connectivity index (χ4n) is 4.10. The number of hydrogen-bond acceptors (Lipinski definition) is 5. The molecule has 2 saturated heterocycles. The summed E-state index contributed by atoms with van der Waals surface area (Å²) in [5.41, 5.74) is 1.17. The highest BCUT2D eigenvalue weighted by Crippen LogP contribution is 2.28. The van der Waals surface area contributed by atoms with Gasteiger partial charge in [-0.05, 0) is 44.9 Å². The van der Waals surface area contributed by atoms with Gasteiger partial charge < -0.3 is 29.9 Å². The molecule has 2 aliphatic heterocycles. The summed E-state index contributed by atoms with van der Waals surface area (Å²) >= 11 is 0. The minimum absolute atomic E-state index is 0.0980. The van der Waals surface area contributed by atoms with E-state index in [1.807, 2.05) is 12.1 Å². The number of nitrogens with one attached hydrogen (secondary N) is 1. The fraction of sp³-hybridized carbons (Fsp3) is 0.682. The third-order valence-electron chi connectivity index (χ3n) is 5.79. The van der Waals surface area contributed by atoms with E-state index in [9.17, 15) is 5.11 Å². The standard InChI is InChI=1S/C22H37N5O2/c1-3-23-22(24-11-6-12-25-13-9-19(28)10-14-25)27-17-15-26(16-18-27)20-7-4-5-8-21(20)29-2/h4-5,7-8,19,28H,3,6,9-18H2,1-2H3,(H,23,24). The van der Waals surface area contributed by atoms with E-state index in [1.165, 1.54) is 5.69 Å². The first-order valence-corrected chi connectivity index (χ1v) is 11.0. The Morgan fingerprint density at radius 2 is 1.86 bits per heavy atom. The number of aliphatic hydroxyl groups excluding tert-OH is 1. The molecule has 162 valence electrons. The van der Waals surface area contributed by atoms with E-state index < -0.39 is 0 Å². The van der Waals surface area contributed by atoms with Crippen LogP contribution < -0.4 is 15.0 Å². The maximum absolute atomic E-state index is 9.62. The average Bonchev–Trinajstić information content (AvgIpc) is 2.77. The van der Waals surface area contributed by atoms with Gasteiger partial charge in [-0.15, -0.1) is 0 Å². The molecule has 1 aromatic rings. The molecule has 0 unspecified atom stereocenters. The predicted molar refractivity (Wildman–Crippen MR) is 119 cm³/mol. The SMILES string of the molecule is CCNC(=NCCCN1CCC(O)CC1)N1CCN(c2ccccc2OC)CC1. The van der Waals surface area contributed by atoms with Gasteiger partial charge in [-0.25, -0.2) is 0 Å². The Morgan fingerprint density at radius 3 is 2.55 bits per heavy atom. The number of guanidine groups is 1. The number of aliphatic imine (C=N–C) groups is 1. The number of para-hydroxylation sites is 2. The molecule has 0 saturated carbocycles. The Hall–Kier alpha value is -1.99. The van der Waals surface area contributed by atoms with Gasteiger partial charge in [-0.2, -0.15) is 0 Å². The number of likely N-dealkylation sites (tertiary alicyclic amines) is 1. The monoisotopic (exact) mass is 403 g/mol. The summed E-state index contributed by atoms with van der Waals surface area (Å²) in [6.07, 6.45) is 2.77. The first kappa shape index (κ1) is 21.7. The third kappa shape index (κ3) is 6.24. The van der Waals surface area contributed by atoms with Gasteiger partial charge in [-0.3, -0.25) is 4.99 Å². The van der Waals surface area contributed by atoms with Gasteiger partial charge in [0.2, 0.25) is 0 Å². The van der Waals surface area contributed by atoms with Crippen LogP contribution in [0.5, 0.6) is 5.75 Å². The molecular weight excluding hydrogens is 366 g/mol. The summed E-state index contributed by atoms with van der Waals surface area (Å²) < 4.78 is 5.52. The van der Waals surface area contributed by atoms with Crippen molar-refractivity contribution in [2.45, 2.75) is 32.3 Å². The molecule has 2 N–H and O–H groups in total. The smallest absolute Gasteiger partial charge is 0.194 e. The van der Waals surface area contributed by atoms with Crippen molar-refractivity contribution in [1.29, 1.82) is 0 Å². The van der Waals surface area contributed by atoms with Crippen LogP contribution >= 0.6 is 0 Å². The highest BCUT2D eigenvalue weighted by molar-refractivity contribution is 5.80. The number of hydrogen-bond donors (Lipinski definition) is 2. The fourth-order valence-corrected chi connectivity index (χ4v) is 4.10.